The minimum atomic E-state index is 0.000735. The highest BCUT2D eigenvalue weighted by Gasteiger charge is 2.38. The van der Waals surface area contributed by atoms with Gasteiger partial charge in [0.05, 0.1) is 28.0 Å². The van der Waals surface area contributed by atoms with Crippen LogP contribution in [0.25, 0.3) is 0 Å². The van der Waals surface area contributed by atoms with Crippen molar-refractivity contribution >= 4 is 46.0 Å². The molecule has 0 aliphatic carbocycles. The molecule has 2 heterocycles. The zero-order valence-corrected chi connectivity index (χ0v) is 17.9. The van der Waals surface area contributed by atoms with Crippen molar-refractivity contribution < 1.29 is 4.79 Å². The van der Waals surface area contributed by atoms with Crippen molar-refractivity contribution in [2.24, 2.45) is 4.99 Å². The van der Waals surface area contributed by atoms with Crippen LogP contribution in [-0.2, 0) is 4.79 Å². The number of nitriles is 1. The highest BCUT2D eigenvalue weighted by atomic mass is 32.2. The van der Waals surface area contributed by atoms with Crippen LogP contribution in [0.1, 0.15) is 25.3 Å². The smallest absolute Gasteiger partial charge is 0.269 e. The summed E-state index contributed by atoms with van der Waals surface area (Å²) in [4.78, 5) is 23.7. The van der Waals surface area contributed by atoms with Gasteiger partial charge in [-0.15, -0.1) is 0 Å². The summed E-state index contributed by atoms with van der Waals surface area (Å²) in [6, 6.07) is 17.5. The number of amides is 1. The van der Waals surface area contributed by atoms with Crippen molar-refractivity contribution in [3.8, 4) is 6.07 Å². The lowest BCUT2D eigenvalue weighted by molar-refractivity contribution is -0.122. The molecule has 1 fully saturated rings. The number of carbonyl (C=O) groups excluding carboxylic acids is 1. The van der Waals surface area contributed by atoms with E-state index in [1.165, 1.54) is 11.8 Å². The largest absolute Gasteiger partial charge is 0.337 e. The Morgan fingerprint density at radius 3 is 2.72 bits per heavy atom. The minimum Gasteiger partial charge on any atom is -0.337 e. The Morgan fingerprint density at radius 2 is 1.97 bits per heavy atom. The summed E-state index contributed by atoms with van der Waals surface area (Å²) < 4.78 is 0. The SMILES string of the molecule is CCCCN1C(=O)/C(=C2/Sc3ccccc3N2C)SC1=Nc1cccc(C#N)c1. The molecule has 1 amide bonds. The fraction of sp³-hybridized carbons (Fsp3) is 0.227. The van der Waals surface area contributed by atoms with Gasteiger partial charge in [0.2, 0.25) is 0 Å². The Balaban J connectivity index is 1.72. The Labute approximate surface area is 179 Å². The monoisotopic (exact) mass is 420 g/mol. The number of benzene rings is 2. The van der Waals surface area contributed by atoms with Crippen molar-refractivity contribution in [2.75, 3.05) is 18.5 Å². The second-order valence-electron chi connectivity index (χ2n) is 6.73. The van der Waals surface area contributed by atoms with Crippen LogP contribution in [-0.4, -0.2) is 29.6 Å². The van der Waals surface area contributed by atoms with Gasteiger partial charge in [0, 0.05) is 18.5 Å². The number of carbonyl (C=O) groups is 1. The van der Waals surface area contributed by atoms with E-state index in [1.54, 1.807) is 28.8 Å². The molecule has 29 heavy (non-hydrogen) atoms. The molecule has 4 rings (SSSR count). The average molecular weight is 421 g/mol. The summed E-state index contributed by atoms with van der Waals surface area (Å²) >= 11 is 3.04. The highest BCUT2D eigenvalue weighted by Crippen LogP contribution is 2.50. The molecule has 1 saturated heterocycles. The molecule has 0 N–H and O–H groups in total. The maximum Gasteiger partial charge on any atom is 0.269 e. The van der Waals surface area contributed by atoms with Crippen LogP contribution >= 0.6 is 23.5 Å². The Morgan fingerprint density at radius 1 is 1.14 bits per heavy atom. The normalized spacial score (nSPS) is 19.8. The molecule has 0 atom stereocenters. The van der Waals surface area contributed by atoms with E-state index in [4.69, 9.17) is 10.3 Å². The molecule has 2 aromatic carbocycles. The molecular formula is C22H20N4OS2. The number of anilines is 1. The molecule has 7 heteroatoms. The summed E-state index contributed by atoms with van der Waals surface area (Å²) in [5.41, 5.74) is 2.35. The van der Waals surface area contributed by atoms with E-state index in [-0.39, 0.29) is 5.91 Å². The summed E-state index contributed by atoms with van der Waals surface area (Å²) in [7, 11) is 2.00. The van der Waals surface area contributed by atoms with Gasteiger partial charge in [-0.25, -0.2) is 4.99 Å². The first-order valence-electron chi connectivity index (χ1n) is 9.46. The molecule has 146 valence electrons. The number of unbranched alkanes of at least 4 members (excludes halogenated alkanes) is 1. The van der Waals surface area contributed by atoms with Crippen LogP contribution in [0.15, 0.2) is 68.4 Å². The van der Waals surface area contributed by atoms with Crippen LogP contribution in [0, 0.1) is 11.3 Å². The number of hydrogen-bond donors (Lipinski definition) is 0. The fourth-order valence-corrected chi connectivity index (χ4v) is 5.56. The van der Waals surface area contributed by atoms with Gasteiger partial charge in [-0.1, -0.05) is 43.3 Å². The summed E-state index contributed by atoms with van der Waals surface area (Å²) in [5, 5.41) is 10.8. The van der Waals surface area contributed by atoms with Gasteiger partial charge in [0.15, 0.2) is 5.17 Å². The lowest BCUT2D eigenvalue weighted by Crippen LogP contribution is -2.30. The molecular weight excluding hydrogens is 400 g/mol. The maximum atomic E-state index is 13.3. The molecule has 5 nitrogen and oxygen atoms in total. The predicted octanol–water partition coefficient (Wildman–Crippen LogP) is 5.33. The average Bonchev–Trinajstić information content (AvgIpc) is 3.23. The highest BCUT2D eigenvalue weighted by molar-refractivity contribution is 8.19. The first-order chi connectivity index (χ1) is 14.1. The Hall–Kier alpha value is -2.69. The lowest BCUT2D eigenvalue weighted by atomic mass is 10.2. The van der Waals surface area contributed by atoms with Gasteiger partial charge < -0.3 is 4.90 Å². The van der Waals surface area contributed by atoms with Crippen LogP contribution in [0.2, 0.25) is 0 Å². The minimum absolute atomic E-state index is 0.000735. The van der Waals surface area contributed by atoms with Crippen molar-refractivity contribution in [1.82, 2.24) is 4.90 Å². The van der Waals surface area contributed by atoms with Gasteiger partial charge in [-0.3, -0.25) is 9.69 Å². The first-order valence-corrected chi connectivity index (χ1v) is 11.1. The number of hydrogen-bond acceptors (Lipinski definition) is 6. The molecule has 0 aromatic heterocycles. The van der Waals surface area contributed by atoms with Gasteiger partial charge >= 0.3 is 0 Å². The number of nitrogens with zero attached hydrogens (tertiary/aromatic N) is 4. The fourth-order valence-electron chi connectivity index (χ4n) is 3.19. The zero-order valence-electron chi connectivity index (χ0n) is 16.3. The van der Waals surface area contributed by atoms with Crippen LogP contribution in [0.4, 0.5) is 11.4 Å². The predicted molar refractivity (Wildman–Crippen MR) is 120 cm³/mol. The molecule has 2 aliphatic heterocycles. The lowest BCUT2D eigenvalue weighted by Gasteiger charge is -2.16. The van der Waals surface area contributed by atoms with Crippen LogP contribution < -0.4 is 4.90 Å². The third-order valence-corrected chi connectivity index (χ3v) is 7.16. The van der Waals surface area contributed by atoms with Crippen molar-refractivity contribution in [1.29, 1.82) is 5.26 Å². The third-order valence-electron chi connectivity index (χ3n) is 4.73. The molecule has 0 bridgehead atoms. The Kier molecular flexibility index (Phi) is 5.65. The second-order valence-corrected chi connectivity index (χ2v) is 8.74. The molecule has 2 aliphatic rings. The van der Waals surface area contributed by atoms with E-state index < -0.39 is 0 Å². The maximum absolute atomic E-state index is 13.3. The number of fused-ring (bicyclic) bond motifs is 1. The topological polar surface area (TPSA) is 59.7 Å². The molecule has 0 spiro atoms. The zero-order chi connectivity index (χ0) is 20.4. The van der Waals surface area contributed by atoms with Gasteiger partial charge in [-0.05, 0) is 48.5 Å². The summed E-state index contributed by atoms with van der Waals surface area (Å²) in [6.07, 6.45) is 1.91. The van der Waals surface area contributed by atoms with E-state index in [1.807, 2.05) is 31.3 Å². The molecule has 0 unspecified atom stereocenters. The number of rotatable bonds is 4. The molecule has 2 aromatic rings. The Bertz CT molecular complexity index is 1070. The quantitative estimate of drug-likeness (QED) is 0.626. The van der Waals surface area contributed by atoms with Crippen molar-refractivity contribution in [3.05, 3.63) is 64.0 Å². The third kappa shape index (κ3) is 3.78. The second kappa shape index (κ2) is 8.36. The number of aliphatic imine (C=N–C) groups is 1. The number of amidine groups is 1. The van der Waals surface area contributed by atoms with E-state index in [0.717, 1.165) is 28.5 Å². The van der Waals surface area contributed by atoms with Gasteiger partial charge in [0.1, 0.15) is 4.91 Å². The van der Waals surface area contributed by atoms with E-state index in [0.29, 0.717) is 27.9 Å². The van der Waals surface area contributed by atoms with Gasteiger partial charge in [0.25, 0.3) is 5.91 Å². The van der Waals surface area contributed by atoms with E-state index in [9.17, 15) is 4.79 Å². The molecule has 0 radical (unpaired) electrons. The van der Waals surface area contributed by atoms with Crippen molar-refractivity contribution in [3.63, 3.8) is 0 Å². The summed E-state index contributed by atoms with van der Waals surface area (Å²) in [6.45, 7) is 2.74. The summed E-state index contributed by atoms with van der Waals surface area (Å²) in [5.74, 6) is 0.000735. The van der Waals surface area contributed by atoms with Crippen LogP contribution in [0.5, 0.6) is 0 Å². The standard InChI is InChI=1S/C22H20N4OS2/c1-3-4-12-26-20(27)19(21-25(2)17-10-5-6-11-18(17)28-21)29-22(26)24-16-9-7-8-15(13-16)14-23/h5-11,13H,3-4,12H2,1-2H3/b21-19-,24-22?. The van der Waals surface area contributed by atoms with E-state index in [2.05, 4.69) is 30.0 Å². The number of thioether (sulfide) groups is 2. The van der Waals surface area contributed by atoms with Crippen LogP contribution in [0.3, 0.4) is 0 Å². The van der Waals surface area contributed by atoms with Gasteiger partial charge in [-0.2, -0.15) is 5.26 Å². The molecule has 0 saturated carbocycles. The first kappa shape index (κ1) is 19.6. The number of para-hydroxylation sites is 1. The van der Waals surface area contributed by atoms with Crippen molar-refractivity contribution in [2.45, 2.75) is 24.7 Å². The van der Waals surface area contributed by atoms with E-state index >= 15 is 0 Å².